The number of rotatable bonds is 6. The van der Waals surface area contributed by atoms with Crippen molar-refractivity contribution in [2.75, 3.05) is 0 Å². The maximum atomic E-state index is 4.78. The molecule has 3 heterocycles. The van der Waals surface area contributed by atoms with Gasteiger partial charge < -0.3 is 9.97 Å². The van der Waals surface area contributed by atoms with Gasteiger partial charge in [0.25, 0.3) is 0 Å². The zero-order valence-electron chi connectivity index (χ0n) is 28.7. The van der Waals surface area contributed by atoms with Crippen molar-refractivity contribution >= 4 is 44.8 Å². The molecule has 249 valence electrons. The van der Waals surface area contributed by atoms with E-state index < -0.39 is 8.07 Å². The number of fused-ring (bicyclic) bond motifs is 3. The van der Waals surface area contributed by atoms with Crippen LogP contribution in [-0.4, -0.2) is 18.0 Å². The minimum atomic E-state index is -1.32. The average Bonchev–Trinajstić information content (AvgIpc) is 3.54. The summed E-state index contributed by atoms with van der Waals surface area (Å²) in [5, 5.41) is 4.08. The van der Waals surface area contributed by atoms with E-state index in [-0.39, 0.29) is 20.1 Å². The summed E-state index contributed by atoms with van der Waals surface area (Å²) >= 11 is 1.84. The van der Waals surface area contributed by atoms with Crippen LogP contribution in [0.4, 0.5) is 0 Å². The second kappa shape index (κ2) is 15.6. The van der Waals surface area contributed by atoms with Gasteiger partial charge in [0.15, 0.2) is 0 Å². The van der Waals surface area contributed by atoms with Gasteiger partial charge in [-0.3, -0.25) is 0 Å². The topological polar surface area (TPSA) is 25.8 Å². The molecule has 50 heavy (non-hydrogen) atoms. The predicted molar refractivity (Wildman–Crippen MR) is 212 cm³/mol. The fourth-order valence-corrected chi connectivity index (χ4v) is 8.46. The Balaban J connectivity index is 0.000000170. The number of pyridine rings is 2. The molecule has 0 unspecified atom stereocenters. The summed E-state index contributed by atoms with van der Waals surface area (Å²) in [6, 6.07) is 53.1. The van der Waals surface area contributed by atoms with Gasteiger partial charge >= 0.3 is 0 Å². The normalized spacial score (nSPS) is 11.1. The van der Waals surface area contributed by atoms with Crippen LogP contribution < -0.4 is 5.19 Å². The Hall–Kier alpha value is -4.51. The van der Waals surface area contributed by atoms with E-state index in [1.807, 2.05) is 41.8 Å². The van der Waals surface area contributed by atoms with Crippen LogP contribution in [0.5, 0.6) is 0 Å². The zero-order valence-corrected chi connectivity index (χ0v) is 32.9. The Bertz CT molecular complexity index is 2330. The number of nitrogens with zero attached hydrogens (tertiary/aromatic N) is 2. The van der Waals surface area contributed by atoms with Crippen molar-refractivity contribution in [1.82, 2.24) is 9.97 Å². The second-order valence-corrected chi connectivity index (χ2v) is 19.5. The number of aromatic nitrogens is 2. The smallest absolute Gasteiger partial charge is 0.0795 e. The molecule has 0 amide bonds. The fraction of sp³-hybridized carbons (Fsp3) is 0.111. The summed E-state index contributed by atoms with van der Waals surface area (Å²) in [5.41, 5.74) is 10.4. The van der Waals surface area contributed by atoms with E-state index >= 15 is 0 Å². The zero-order chi connectivity index (χ0) is 33.8. The molecule has 0 saturated heterocycles. The van der Waals surface area contributed by atoms with Gasteiger partial charge in [-0.2, -0.15) is 11.3 Å². The molecule has 5 heteroatoms. The van der Waals surface area contributed by atoms with Crippen molar-refractivity contribution < 1.29 is 20.1 Å². The minimum absolute atomic E-state index is 0. The predicted octanol–water partition coefficient (Wildman–Crippen LogP) is 11.6. The Morgan fingerprint density at radius 3 is 2.10 bits per heavy atom. The van der Waals surface area contributed by atoms with Crippen LogP contribution in [0.2, 0.25) is 19.6 Å². The summed E-state index contributed by atoms with van der Waals surface area (Å²) in [4.78, 5) is 9.47. The second-order valence-electron chi connectivity index (χ2n) is 13.4. The third-order valence-corrected chi connectivity index (χ3v) is 12.0. The first-order valence-corrected chi connectivity index (χ1v) is 21.0. The van der Waals surface area contributed by atoms with Crippen molar-refractivity contribution in [1.29, 1.82) is 0 Å². The summed E-state index contributed by atoms with van der Waals surface area (Å²) in [6.07, 6.45) is 4.94. The van der Waals surface area contributed by atoms with Crippen LogP contribution in [0.15, 0.2) is 146 Å². The van der Waals surface area contributed by atoms with Gasteiger partial charge in [-0.25, -0.2) is 0 Å². The van der Waals surface area contributed by atoms with E-state index in [0.717, 1.165) is 28.9 Å². The maximum absolute atomic E-state index is 4.78. The SMILES string of the molecule is Cc1c[c-]c(-c2ccc([Si](C)(C)C)cn2)c2sc3ccccc3c12.[Ir].[c-]1ccccc1-c1cc(Cc2ccccc2)c(-c2ccccc2)cn1. The van der Waals surface area contributed by atoms with Gasteiger partial charge in [0.2, 0.25) is 0 Å². The quantitative estimate of drug-likeness (QED) is 0.123. The largest absolute Gasteiger partial charge is 0.305 e. The summed E-state index contributed by atoms with van der Waals surface area (Å²) in [5.74, 6) is 0. The molecule has 3 aromatic heterocycles. The summed E-state index contributed by atoms with van der Waals surface area (Å²) in [7, 11) is -1.32. The molecular weight excluding hydrogens is 821 g/mol. The van der Waals surface area contributed by atoms with Crippen LogP contribution in [0.1, 0.15) is 16.7 Å². The molecule has 8 rings (SSSR count). The van der Waals surface area contributed by atoms with Gasteiger partial charge in [-0.1, -0.05) is 129 Å². The number of hydrogen-bond acceptors (Lipinski definition) is 3. The van der Waals surface area contributed by atoms with Crippen molar-refractivity contribution in [2.24, 2.45) is 0 Å². The third kappa shape index (κ3) is 7.77. The Labute approximate surface area is 314 Å². The molecule has 0 bridgehead atoms. The number of aryl methyl sites for hydroxylation is 1. The molecule has 0 aliphatic rings. The van der Waals surface area contributed by atoms with Gasteiger partial charge in [0, 0.05) is 42.8 Å². The van der Waals surface area contributed by atoms with Gasteiger partial charge in [-0.15, -0.1) is 59.2 Å². The van der Waals surface area contributed by atoms with Crippen molar-refractivity contribution in [3.05, 3.63) is 175 Å². The molecule has 0 aliphatic carbocycles. The fourth-order valence-electron chi connectivity index (χ4n) is 6.14. The number of hydrogen-bond donors (Lipinski definition) is 0. The molecule has 0 N–H and O–H groups in total. The monoisotopic (exact) mass is 859 g/mol. The van der Waals surface area contributed by atoms with Crippen LogP contribution in [-0.2, 0) is 26.5 Å². The van der Waals surface area contributed by atoms with Crippen molar-refractivity contribution in [2.45, 2.75) is 33.0 Å². The van der Waals surface area contributed by atoms with Gasteiger partial charge in [-0.05, 0) is 55.8 Å². The first-order valence-electron chi connectivity index (χ1n) is 16.7. The molecule has 8 aromatic rings. The minimum Gasteiger partial charge on any atom is -0.305 e. The Morgan fingerprint density at radius 2 is 1.40 bits per heavy atom. The summed E-state index contributed by atoms with van der Waals surface area (Å²) in [6.45, 7) is 9.23. The standard InChI is InChI=1S/C24H18N.C21H20NSSi.Ir/c1-4-10-19(11-5-1)16-22-17-24(21-14-8-3-9-15-21)25-18-23(22)20-12-6-2-7-13-20;1-14-9-11-16(18-12-10-15(13-22-18)24(2,3)4)21-20(14)17-7-5-6-8-19(17)23-21;/h1-14,17-18H,16H2;5-10,12-13H,1-4H3;/q2*-1;. The Morgan fingerprint density at radius 1 is 0.700 bits per heavy atom. The molecule has 0 spiro atoms. The van der Waals surface area contributed by atoms with E-state index in [9.17, 15) is 0 Å². The molecule has 2 nitrogen and oxygen atoms in total. The van der Waals surface area contributed by atoms with Crippen LogP contribution >= 0.6 is 11.3 Å². The van der Waals surface area contributed by atoms with E-state index in [1.54, 1.807) is 0 Å². The van der Waals surface area contributed by atoms with Gasteiger partial charge in [0.05, 0.1) is 8.07 Å². The van der Waals surface area contributed by atoms with Crippen molar-refractivity contribution in [3.8, 4) is 33.6 Å². The van der Waals surface area contributed by atoms with Crippen molar-refractivity contribution in [3.63, 3.8) is 0 Å². The molecule has 0 saturated carbocycles. The molecule has 0 fully saturated rings. The van der Waals surface area contributed by atoms with Gasteiger partial charge in [0.1, 0.15) is 0 Å². The third-order valence-electron chi connectivity index (χ3n) is 8.83. The van der Waals surface area contributed by atoms with E-state index in [1.165, 1.54) is 53.2 Å². The van der Waals surface area contributed by atoms with E-state index in [0.29, 0.717) is 0 Å². The van der Waals surface area contributed by atoms with Crippen LogP contribution in [0, 0.1) is 19.1 Å². The van der Waals surface area contributed by atoms with E-state index in [2.05, 4.69) is 154 Å². The number of benzene rings is 5. The molecule has 0 atom stereocenters. The first-order chi connectivity index (χ1) is 23.8. The molecule has 0 aliphatic heterocycles. The average molecular weight is 859 g/mol. The van der Waals surface area contributed by atoms with Crippen LogP contribution in [0.25, 0.3) is 53.8 Å². The molecular formula is C45H38IrN2SSi-2. The van der Waals surface area contributed by atoms with Crippen LogP contribution in [0.3, 0.4) is 0 Å². The van der Waals surface area contributed by atoms with E-state index in [4.69, 9.17) is 9.97 Å². The number of thiophene rings is 1. The Kier molecular flexibility index (Phi) is 11.0. The molecule has 1 radical (unpaired) electrons. The summed E-state index contributed by atoms with van der Waals surface area (Å²) < 4.78 is 2.62. The first kappa shape index (κ1) is 35.3. The molecule has 5 aromatic carbocycles. The maximum Gasteiger partial charge on any atom is 0.0795 e.